The number of benzene rings is 1. The summed E-state index contributed by atoms with van der Waals surface area (Å²) in [7, 11) is 0. The van der Waals surface area contributed by atoms with Gasteiger partial charge in [0.15, 0.2) is 0 Å². The molecule has 2 aliphatic rings. The molecule has 3 heteroatoms. The van der Waals surface area contributed by atoms with Gasteiger partial charge >= 0.3 is 130 Å². The van der Waals surface area contributed by atoms with Crippen LogP contribution in [0.25, 0.3) is 0 Å². The first kappa shape index (κ1) is 18.3. The molecule has 0 amide bonds. The van der Waals surface area contributed by atoms with Gasteiger partial charge in [-0.05, 0) is 0 Å². The molecule has 1 aromatic rings. The van der Waals surface area contributed by atoms with Crippen LogP contribution in [0.2, 0.25) is 0 Å². The van der Waals surface area contributed by atoms with Crippen LogP contribution in [0.15, 0.2) is 74.6 Å². The SMILES string of the molecule is [Cl-].[Cl-].[Zr+2][C]1=C(C2=C(C#Cc3ccccc3)C=CC2)C=CC1. The zero-order valence-corrected chi connectivity index (χ0v) is 15.3. The van der Waals surface area contributed by atoms with E-state index in [-0.39, 0.29) is 24.8 Å². The summed E-state index contributed by atoms with van der Waals surface area (Å²) in [6.07, 6.45) is 11.0. The first-order valence-corrected chi connectivity index (χ1v) is 7.66. The average molecular weight is 391 g/mol. The van der Waals surface area contributed by atoms with E-state index in [1.807, 2.05) is 18.2 Å². The molecule has 3 rings (SSSR count). The van der Waals surface area contributed by atoms with Crippen molar-refractivity contribution >= 4 is 0 Å². The molecule has 0 aliphatic heterocycles. The summed E-state index contributed by atoms with van der Waals surface area (Å²) in [5.41, 5.74) is 5.10. The van der Waals surface area contributed by atoms with Crippen LogP contribution >= 0.6 is 0 Å². The van der Waals surface area contributed by atoms with E-state index < -0.39 is 0 Å². The predicted molar refractivity (Wildman–Crippen MR) is 74.9 cm³/mol. The van der Waals surface area contributed by atoms with Gasteiger partial charge in [-0.25, -0.2) is 0 Å². The molecule has 0 bridgehead atoms. The Hall–Kier alpha value is -0.797. The molecule has 0 saturated carbocycles. The predicted octanol–water partition coefficient (Wildman–Crippen LogP) is -1.94. The number of hydrogen-bond donors (Lipinski definition) is 0. The van der Waals surface area contributed by atoms with Crippen LogP contribution in [0.5, 0.6) is 0 Å². The zero-order chi connectivity index (χ0) is 13.1. The van der Waals surface area contributed by atoms with Crippen molar-refractivity contribution in [3.8, 4) is 11.8 Å². The summed E-state index contributed by atoms with van der Waals surface area (Å²) in [5, 5.41) is 0. The number of rotatable bonds is 1. The van der Waals surface area contributed by atoms with Crippen molar-refractivity contribution in [3.63, 3.8) is 0 Å². The monoisotopic (exact) mass is 389 g/mol. The Labute approximate surface area is 153 Å². The van der Waals surface area contributed by atoms with E-state index in [9.17, 15) is 0 Å². The zero-order valence-electron chi connectivity index (χ0n) is 11.4. The van der Waals surface area contributed by atoms with E-state index in [0.717, 1.165) is 18.4 Å². The van der Waals surface area contributed by atoms with Crippen LogP contribution in [0.3, 0.4) is 0 Å². The second-order valence-corrected chi connectivity index (χ2v) is 6.10. The summed E-state index contributed by atoms with van der Waals surface area (Å²) >= 11 is 1.52. The Morgan fingerprint density at radius 1 is 0.857 bits per heavy atom. The molecule has 0 spiro atoms. The molecule has 21 heavy (non-hydrogen) atoms. The maximum atomic E-state index is 3.33. The van der Waals surface area contributed by atoms with Crippen LogP contribution in [-0.4, -0.2) is 0 Å². The Morgan fingerprint density at radius 3 is 2.24 bits per heavy atom. The minimum atomic E-state index is 0. The number of allylic oxidation sites excluding steroid dienone is 8. The van der Waals surface area contributed by atoms with Crippen LogP contribution in [-0.2, 0) is 24.7 Å². The van der Waals surface area contributed by atoms with Gasteiger partial charge in [-0.2, -0.15) is 0 Å². The molecule has 0 fully saturated rings. The summed E-state index contributed by atoms with van der Waals surface area (Å²) in [4.78, 5) is 0. The van der Waals surface area contributed by atoms with Gasteiger partial charge in [0.05, 0.1) is 0 Å². The van der Waals surface area contributed by atoms with Crippen molar-refractivity contribution in [2.75, 3.05) is 0 Å². The molecular formula is C18H13Cl2Zr. The summed E-state index contributed by atoms with van der Waals surface area (Å²) in [5.74, 6) is 6.59. The van der Waals surface area contributed by atoms with Crippen molar-refractivity contribution < 1.29 is 49.5 Å². The molecule has 0 heterocycles. The van der Waals surface area contributed by atoms with Gasteiger partial charge in [0.1, 0.15) is 0 Å². The quantitative estimate of drug-likeness (QED) is 0.489. The molecule has 0 radical (unpaired) electrons. The van der Waals surface area contributed by atoms with E-state index in [1.165, 1.54) is 41.4 Å². The fourth-order valence-corrected chi connectivity index (χ4v) is 3.19. The number of halogens is 2. The van der Waals surface area contributed by atoms with Crippen LogP contribution in [0.1, 0.15) is 18.4 Å². The molecule has 0 saturated heterocycles. The van der Waals surface area contributed by atoms with Crippen LogP contribution in [0, 0.1) is 11.8 Å². The molecule has 103 valence electrons. The molecule has 0 N–H and O–H groups in total. The van der Waals surface area contributed by atoms with Crippen molar-refractivity contribution in [1.82, 2.24) is 0 Å². The van der Waals surface area contributed by atoms with Gasteiger partial charge in [0, 0.05) is 0 Å². The third-order valence-corrected chi connectivity index (χ3v) is 4.47. The molecular weight excluding hydrogens is 378 g/mol. The molecule has 0 unspecified atom stereocenters. The van der Waals surface area contributed by atoms with Crippen molar-refractivity contribution in [2.24, 2.45) is 0 Å². The molecule has 0 nitrogen and oxygen atoms in total. The Morgan fingerprint density at radius 2 is 1.57 bits per heavy atom. The summed E-state index contributed by atoms with van der Waals surface area (Å²) < 4.78 is 1.55. The third kappa shape index (κ3) is 4.34. The molecule has 0 aromatic heterocycles. The number of hydrogen-bond acceptors (Lipinski definition) is 0. The fraction of sp³-hybridized carbons (Fsp3) is 0.111. The summed E-state index contributed by atoms with van der Waals surface area (Å²) in [6.45, 7) is 0. The molecule has 1 aromatic carbocycles. The molecule has 0 atom stereocenters. The van der Waals surface area contributed by atoms with Crippen LogP contribution < -0.4 is 24.8 Å². The van der Waals surface area contributed by atoms with Crippen molar-refractivity contribution in [3.05, 3.63) is 80.2 Å². The minimum absolute atomic E-state index is 0. The molecule has 2 aliphatic carbocycles. The topological polar surface area (TPSA) is 0 Å². The first-order valence-electron chi connectivity index (χ1n) is 6.43. The Balaban J connectivity index is 0.00000110. The second-order valence-electron chi connectivity index (χ2n) is 4.61. The van der Waals surface area contributed by atoms with Crippen molar-refractivity contribution in [1.29, 1.82) is 0 Å². The van der Waals surface area contributed by atoms with Gasteiger partial charge < -0.3 is 24.8 Å². The maximum absolute atomic E-state index is 3.33. The van der Waals surface area contributed by atoms with Crippen molar-refractivity contribution in [2.45, 2.75) is 12.8 Å². The van der Waals surface area contributed by atoms with Gasteiger partial charge in [-0.1, -0.05) is 0 Å². The Bertz CT molecular complexity index is 683. The van der Waals surface area contributed by atoms with Gasteiger partial charge in [-0.3, -0.25) is 0 Å². The Kier molecular flexibility index (Phi) is 7.47. The van der Waals surface area contributed by atoms with Crippen LogP contribution in [0.4, 0.5) is 0 Å². The second kappa shape index (κ2) is 8.60. The summed E-state index contributed by atoms with van der Waals surface area (Å²) in [6, 6.07) is 10.2. The van der Waals surface area contributed by atoms with Gasteiger partial charge in [0.2, 0.25) is 0 Å². The first-order chi connectivity index (χ1) is 9.34. The van der Waals surface area contributed by atoms with E-state index in [1.54, 1.807) is 3.28 Å². The fourth-order valence-electron chi connectivity index (χ4n) is 2.33. The van der Waals surface area contributed by atoms with E-state index >= 15 is 0 Å². The third-order valence-electron chi connectivity index (χ3n) is 3.30. The van der Waals surface area contributed by atoms with E-state index in [4.69, 9.17) is 0 Å². The van der Waals surface area contributed by atoms with Gasteiger partial charge in [0.25, 0.3) is 0 Å². The van der Waals surface area contributed by atoms with E-state index in [0.29, 0.717) is 0 Å². The normalized spacial score (nSPS) is 15.5. The van der Waals surface area contributed by atoms with E-state index in [2.05, 4.69) is 48.3 Å². The average Bonchev–Trinajstić information content (AvgIpc) is 3.05. The van der Waals surface area contributed by atoms with Gasteiger partial charge in [-0.15, -0.1) is 0 Å². The standard InChI is InChI=1S/C18H13.2ClH.Zr/c1-2-7-15(8-3-1)13-14-17-11-6-12-18(17)16-9-4-5-10-16;;;/h1-4,6-9,11H,5,12H2;2*1H;/q;;;+2/p-2.